The van der Waals surface area contributed by atoms with Crippen molar-refractivity contribution >= 4 is 21.4 Å². The molecule has 0 fully saturated rings. The molecule has 0 aliphatic carbocycles. The minimum atomic E-state index is -3.46. The zero-order valence-corrected chi connectivity index (χ0v) is 13.9. The van der Waals surface area contributed by atoms with Crippen molar-refractivity contribution in [2.75, 3.05) is 6.54 Å². The van der Waals surface area contributed by atoms with Crippen LogP contribution in [-0.4, -0.2) is 15.0 Å². The van der Waals surface area contributed by atoms with Crippen LogP contribution < -0.4 is 10.5 Å². The number of nitrogens with one attached hydrogen (secondary N) is 1. The molecule has 0 atom stereocenters. The normalized spacial score (nSPS) is 11.8. The average molecular weight is 324 g/mol. The van der Waals surface area contributed by atoms with Gasteiger partial charge < -0.3 is 5.73 Å². The molecule has 3 N–H and O–H groups in total. The molecule has 0 radical (unpaired) electrons. The summed E-state index contributed by atoms with van der Waals surface area (Å²) in [4.78, 5) is 2.00. The van der Waals surface area contributed by atoms with Crippen molar-refractivity contribution in [3.8, 4) is 0 Å². The highest BCUT2D eigenvalue weighted by atomic mass is 32.2. The van der Waals surface area contributed by atoms with Crippen LogP contribution in [0.4, 0.5) is 0 Å². The number of benzene rings is 1. The standard InChI is InChI=1S/C15H20N2O2S2/c1-11-4-3-5-13(8-11)6-7-17-21(18,19)15-9-14(10-16)20-12(15)2/h3-5,8-9,17H,6-7,10,16H2,1-2H3. The molecule has 0 aliphatic heterocycles. The fourth-order valence-corrected chi connectivity index (χ4v) is 4.71. The second kappa shape index (κ2) is 6.70. The fourth-order valence-electron chi connectivity index (χ4n) is 2.17. The van der Waals surface area contributed by atoms with Gasteiger partial charge in [-0.05, 0) is 31.9 Å². The molecular formula is C15H20N2O2S2. The zero-order valence-electron chi connectivity index (χ0n) is 12.2. The van der Waals surface area contributed by atoms with Crippen LogP contribution in [0.15, 0.2) is 35.2 Å². The summed E-state index contributed by atoms with van der Waals surface area (Å²) < 4.78 is 27.2. The summed E-state index contributed by atoms with van der Waals surface area (Å²) in [7, 11) is -3.46. The molecule has 21 heavy (non-hydrogen) atoms. The van der Waals surface area contributed by atoms with E-state index in [9.17, 15) is 8.42 Å². The Labute approximate surface area is 130 Å². The van der Waals surface area contributed by atoms with Crippen LogP contribution >= 0.6 is 11.3 Å². The lowest BCUT2D eigenvalue weighted by atomic mass is 10.1. The fraction of sp³-hybridized carbons (Fsp3) is 0.333. The molecule has 2 aromatic rings. The van der Waals surface area contributed by atoms with Crippen molar-refractivity contribution in [3.63, 3.8) is 0 Å². The lowest BCUT2D eigenvalue weighted by Gasteiger charge is -2.07. The van der Waals surface area contributed by atoms with Crippen LogP contribution in [0.25, 0.3) is 0 Å². The molecule has 0 amide bonds. The third-order valence-electron chi connectivity index (χ3n) is 3.20. The summed E-state index contributed by atoms with van der Waals surface area (Å²) in [5.74, 6) is 0. The van der Waals surface area contributed by atoms with Crippen LogP contribution in [0.5, 0.6) is 0 Å². The van der Waals surface area contributed by atoms with Crippen LogP contribution in [-0.2, 0) is 23.0 Å². The maximum Gasteiger partial charge on any atom is 0.241 e. The molecular weight excluding hydrogens is 304 g/mol. The first-order chi connectivity index (χ1) is 9.92. The number of hydrogen-bond acceptors (Lipinski definition) is 4. The van der Waals surface area contributed by atoms with Gasteiger partial charge in [0.05, 0.1) is 4.90 Å². The molecule has 0 aliphatic rings. The highest BCUT2D eigenvalue weighted by Crippen LogP contribution is 2.25. The summed E-state index contributed by atoms with van der Waals surface area (Å²) in [6.07, 6.45) is 0.674. The Morgan fingerprint density at radius 3 is 2.62 bits per heavy atom. The smallest absolute Gasteiger partial charge is 0.241 e. The van der Waals surface area contributed by atoms with Crippen molar-refractivity contribution in [2.24, 2.45) is 5.73 Å². The summed E-state index contributed by atoms with van der Waals surface area (Å²) in [6, 6.07) is 9.74. The van der Waals surface area contributed by atoms with E-state index in [0.29, 0.717) is 24.4 Å². The van der Waals surface area contributed by atoms with Crippen LogP contribution in [0.2, 0.25) is 0 Å². The van der Waals surface area contributed by atoms with Gasteiger partial charge in [-0.1, -0.05) is 29.8 Å². The molecule has 0 bridgehead atoms. The lowest BCUT2D eigenvalue weighted by molar-refractivity contribution is 0.581. The first-order valence-corrected chi connectivity index (χ1v) is 9.07. The van der Waals surface area contributed by atoms with Crippen LogP contribution in [0.1, 0.15) is 20.9 Å². The summed E-state index contributed by atoms with van der Waals surface area (Å²) in [5, 5.41) is 0. The van der Waals surface area contributed by atoms with Crippen molar-refractivity contribution in [2.45, 2.75) is 31.7 Å². The van der Waals surface area contributed by atoms with Crippen LogP contribution in [0.3, 0.4) is 0 Å². The first-order valence-electron chi connectivity index (χ1n) is 6.77. The topological polar surface area (TPSA) is 72.2 Å². The summed E-state index contributed by atoms with van der Waals surface area (Å²) in [5.41, 5.74) is 7.87. The number of thiophene rings is 1. The lowest BCUT2D eigenvalue weighted by Crippen LogP contribution is -2.26. The molecule has 114 valence electrons. The quantitative estimate of drug-likeness (QED) is 0.857. The second-order valence-corrected chi connectivity index (χ2v) is 8.05. The average Bonchev–Trinajstić information content (AvgIpc) is 2.81. The van der Waals surface area contributed by atoms with E-state index in [0.717, 1.165) is 15.3 Å². The molecule has 0 saturated carbocycles. The molecule has 0 saturated heterocycles. The van der Waals surface area contributed by atoms with E-state index in [1.807, 2.05) is 25.1 Å². The molecule has 1 heterocycles. The second-order valence-electron chi connectivity index (χ2n) is 4.97. The molecule has 1 aromatic carbocycles. The number of rotatable bonds is 6. The maximum atomic E-state index is 12.3. The van der Waals surface area contributed by atoms with E-state index >= 15 is 0 Å². The molecule has 4 nitrogen and oxygen atoms in total. The zero-order chi connectivity index (χ0) is 15.5. The van der Waals surface area contributed by atoms with Gasteiger partial charge >= 0.3 is 0 Å². The monoisotopic (exact) mass is 324 g/mol. The Morgan fingerprint density at radius 1 is 1.24 bits per heavy atom. The first kappa shape index (κ1) is 16.2. The maximum absolute atomic E-state index is 12.3. The van der Waals surface area contributed by atoms with Gasteiger partial charge in [0.15, 0.2) is 0 Å². The Bertz CT molecular complexity index is 721. The predicted octanol–water partition coefficient (Wildman–Crippen LogP) is 2.34. The number of sulfonamides is 1. The Kier molecular flexibility index (Phi) is 5.16. The Balaban J connectivity index is 2.03. The van der Waals surface area contributed by atoms with E-state index in [1.54, 1.807) is 13.0 Å². The summed E-state index contributed by atoms with van der Waals surface area (Å²) in [6.45, 7) is 4.58. The third-order valence-corrected chi connectivity index (χ3v) is 5.99. The van der Waals surface area contributed by atoms with Gasteiger partial charge in [0.2, 0.25) is 10.0 Å². The van der Waals surface area contributed by atoms with E-state index in [1.165, 1.54) is 16.9 Å². The van der Waals surface area contributed by atoms with E-state index < -0.39 is 10.0 Å². The van der Waals surface area contributed by atoms with Gasteiger partial charge in [-0.25, -0.2) is 13.1 Å². The molecule has 0 unspecified atom stereocenters. The van der Waals surface area contributed by atoms with Gasteiger partial charge in [-0.2, -0.15) is 0 Å². The Hall–Kier alpha value is -1.21. The predicted molar refractivity (Wildman–Crippen MR) is 87.0 cm³/mol. The van der Waals surface area contributed by atoms with Crippen molar-refractivity contribution in [3.05, 3.63) is 51.2 Å². The van der Waals surface area contributed by atoms with Gasteiger partial charge in [-0.3, -0.25) is 0 Å². The van der Waals surface area contributed by atoms with E-state index in [2.05, 4.69) is 10.8 Å². The van der Waals surface area contributed by atoms with Gasteiger partial charge in [-0.15, -0.1) is 11.3 Å². The van der Waals surface area contributed by atoms with Gasteiger partial charge in [0.25, 0.3) is 0 Å². The highest BCUT2D eigenvalue weighted by Gasteiger charge is 2.19. The van der Waals surface area contributed by atoms with E-state index in [-0.39, 0.29) is 0 Å². The number of hydrogen-bond donors (Lipinski definition) is 2. The third kappa shape index (κ3) is 4.14. The largest absolute Gasteiger partial charge is 0.326 e. The molecule has 1 aromatic heterocycles. The molecule has 6 heteroatoms. The molecule has 0 spiro atoms. The number of nitrogens with two attached hydrogens (primary N) is 1. The van der Waals surface area contributed by atoms with E-state index in [4.69, 9.17) is 5.73 Å². The van der Waals surface area contributed by atoms with Crippen molar-refractivity contribution < 1.29 is 8.42 Å². The minimum Gasteiger partial charge on any atom is -0.326 e. The van der Waals surface area contributed by atoms with Crippen LogP contribution in [0, 0.1) is 13.8 Å². The minimum absolute atomic E-state index is 0.345. The Morgan fingerprint density at radius 2 is 2.00 bits per heavy atom. The summed E-state index contributed by atoms with van der Waals surface area (Å²) >= 11 is 1.43. The van der Waals surface area contributed by atoms with Crippen molar-refractivity contribution in [1.29, 1.82) is 0 Å². The SMILES string of the molecule is Cc1cccc(CCNS(=O)(=O)c2cc(CN)sc2C)c1. The van der Waals surface area contributed by atoms with Gasteiger partial charge in [0, 0.05) is 22.8 Å². The molecule has 2 rings (SSSR count). The highest BCUT2D eigenvalue weighted by molar-refractivity contribution is 7.89. The van der Waals surface area contributed by atoms with Crippen molar-refractivity contribution in [1.82, 2.24) is 4.72 Å². The number of aryl methyl sites for hydroxylation is 2. The van der Waals surface area contributed by atoms with Gasteiger partial charge in [0.1, 0.15) is 0 Å².